The second kappa shape index (κ2) is 6.75. The third kappa shape index (κ3) is 3.63. The first-order valence-corrected chi connectivity index (χ1v) is 6.73. The summed E-state index contributed by atoms with van der Waals surface area (Å²) >= 11 is 0. The van der Waals surface area contributed by atoms with Crippen LogP contribution < -0.4 is 21.3 Å². The topological polar surface area (TPSA) is 93.2 Å². The average molecular weight is 303 g/mol. The molecule has 1 heterocycles. The van der Waals surface area contributed by atoms with Gasteiger partial charge in [-0.3, -0.25) is 19.1 Å². The van der Waals surface area contributed by atoms with Gasteiger partial charge in [-0.1, -0.05) is 18.2 Å². The molecule has 0 bridgehead atoms. The Labute approximate surface area is 126 Å². The van der Waals surface area contributed by atoms with Gasteiger partial charge in [0.2, 0.25) is 5.91 Å². The maximum absolute atomic E-state index is 12.0. The number of aromatic amines is 1. The molecule has 2 N–H and O–H groups in total. The molecule has 1 atom stereocenters. The van der Waals surface area contributed by atoms with Gasteiger partial charge in [-0.2, -0.15) is 0 Å². The summed E-state index contributed by atoms with van der Waals surface area (Å²) in [6.07, 6.45) is 1.29. The van der Waals surface area contributed by atoms with E-state index in [0.717, 1.165) is 10.1 Å². The smallest absolute Gasteiger partial charge is 0.328 e. The van der Waals surface area contributed by atoms with Crippen molar-refractivity contribution in [1.82, 2.24) is 14.9 Å². The third-order valence-corrected chi connectivity index (χ3v) is 3.19. The van der Waals surface area contributed by atoms with E-state index in [4.69, 9.17) is 4.74 Å². The lowest BCUT2D eigenvalue weighted by atomic mass is 10.1. The zero-order valence-electron chi connectivity index (χ0n) is 12.3. The van der Waals surface area contributed by atoms with E-state index in [1.165, 1.54) is 12.3 Å². The molecule has 1 aromatic carbocycles. The Hall–Kier alpha value is -2.83. The van der Waals surface area contributed by atoms with Crippen LogP contribution >= 0.6 is 0 Å². The van der Waals surface area contributed by atoms with Crippen LogP contribution in [0.2, 0.25) is 0 Å². The van der Waals surface area contributed by atoms with E-state index in [1.807, 2.05) is 31.2 Å². The van der Waals surface area contributed by atoms with Crippen LogP contribution in [0.1, 0.15) is 18.5 Å². The van der Waals surface area contributed by atoms with Crippen molar-refractivity contribution in [2.45, 2.75) is 19.5 Å². The highest BCUT2D eigenvalue weighted by atomic mass is 16.5. The number of methoxy groups -OCH3 is 1. The monoisotopic (exact) mass is 303 g/mol. The van der Waals surface area contributed by atoms with Crippen molar-refractivity contribution in [3.05, 3.63) is 62.9 Å². The van der Waals surface area contributed by atoms with Crippen molar-refractivity contribution in [3.63, 3.8) is 0 Å². The van der Waals surface area contributed by atoms with Crippen LogP contribution in [0.3, 0.4) is 0 Å². The SMILES string of the molecule is COc1ccccc1[C@@H](C)NC(=O)Cn1ccc(=O)[nH]c1=O. The highest BCUT2D eigenvalue weighted by Crippen LogP contribution is 2.24. The number of benzene rings is 1. The van der Waals surface area contributed by atoms with Gasteiger partial charge in [0, 0.05) is 17.8 Å². The second-order valence-electron chi connectivity index (χ2n) is 4.77. The maximum atomic E-state index is 12.0. The molecule has 0 saturated heterocycles. The fourth-order valence-electron chi connectivity index (χ4n) is 2.11. The van der Waals surface area contributed by atoms with Crippen LogP contribution in [0.4, 0.5) is 0 Å². The molecule has 22 heavy (non-hydrogen) atoms. The summed E-state index contributed by atoms with van der Waals surface area (Å²) in [6.45, 7) is 1.65. The Morgan fingerprint density at radius 2 is 2.05 bits per heavy atom. The molecule has 116 valence electrons. The first-order valence-electron chi connectivity index (χ1n) is 6.73. The quantitative estimate of drug-likeness (QED) is 0.837. The van der Waals surface area contributed by atoms with Crippen molar-refractivity contribution < 1.29 is 9.53 Å². The third-order valence-electron chi connectivity index (χ3n) is 3.19. The van der Waals surface area contributed by atoms with E-state index in [0.29, 0.717) is 5.75 Å². The summed E-state index contributed by atoms with van der Waals surface area (Å²) in [7, 11) is 1.56. The highest BCUT2D eigenvalue weighted by Gasteiger charge is 2.14. The molecule has 7 nitrogen and oxygen atoms in total. The van der Waals surface area contributed by atoms with Gasteiger partial charge in [-0.15, -0.1) is 0 Å². The number of hydrogen-bond donors (Lipinski definition) is 2. The van der Waals surface area contributed by atoms with Gasteiger partial charge in [0.1, 0.15) is 12.3 Å². The standard InChI is InChI=1S/C15H17N3O4/c1-10(11-5-3-4-6-12(11)22-2)16-14(20)9-18-8-7-13(19)17-15(18)21/h3-8,10H,9H2,1-2H3,(H,16,20)(H,17,19,21)/t10-/m1/s1. The van der Waals surface area contributed by atoms with Gasteiger partial charge in [-0.25, -0.2) is 4.79 Å². The molecule has 2 aromatic rings. The lowest BCUT2D eigenvalue weighted by molar-refractivity contribution is -0.122. The zero-order chi connectivity index (χ0) is 16.1. The Morgan fingerprint density at radius 3 is 2.73 bits per heavy atom. The van der Waals surface area contributed by atoms with Gasteiger partial charge in [0.25, 0.3) is 5.56 Å². The summed E-state index contributed by atoms with van der Waals surface area (Å²) in [6, 6.07) is 8.28. The van der Waals surface area contributed by atoms with E-state index in [2.05, 4.69) is 10.3 Å². The number of amides is 1. The fraction of sp³-hybridized carbons (Fsp3) is 0.267. The van der Waals surface area contributed by atoms with E-state index in [-0.39, 0.29) is 18.5 Å². The Morgan fingerprint density at radius 1 is 1.32 bits per heavy atom. The molecule has 0 aliphatic heterocycles. The lowest BCUT2D eigenvalue weighted by Gasteiger charge is -2.17. The van der Waals surface area contributed by atoms with Crippen LogP contribution in [0.25, 0.3) is 0 Å². The number of rotatable bonds is 5. The number of hydrogen-bond acceptors (Lipinski definition) is 4. The van der Waals surface area contributed by atoms with Gasteiger partial charge in [-0.05, 0) is 13.0 Å². The molecule has 1 aromatic heterocycles. The van der Waals surface area contributed by atoms with Crippen LogP contribution in [0, 0.1) is 0 Å². The van der Waals surface area contributed by atoms with Crippen molar-refractivity contribution >= 4 is 5.91 Å². The first-order chi connectivity index (χ1) is 10.5. The zero-order valence-corrected chi connectivity index (χ0v) is 12.3. The van der Waals surface area contributed by atoms with Gasteiger partial charge in [0.15, 0.2) is 0 Å². The molecule has 0 radical (unpaired) electrons. The molecule has 2 rings (SSSR count). The molecule has 7 heteroatoms. The summed E-state index contributed by atoms with van der Waals surface area (Å²) in [4.78, 5) is 36.6. The van der Waals surface area contributed by atoms with Crippen molar-refractivity contribution in [3.8, 4) is 5.75 Å². The lowest BCUT2D eigenvalue weighted by Crippen LogP contribution is -2.36. The van der Waals surface area contributed by atoms with Gasteiger partial charge < -0.3 is 10.1 Å². The summed E-state index contributed by atoms with van der Waals surface area (Å²) in [5.74, 6) is 0.337. The number of para-hydroxylation sites is 1. The molecule has 1 amide bonds. The van der Waals surface area contributed by atoms with Crippen LogP contribution in [0.15, 0.2) is 46.1 Å². The Kier molecular flexibility index (Phi) is 4.77. The molecular weight excluding hydrogens is 286 g/mol. The summed E-state index contributed by atoms with van der Waals surface area (Å²) in [5.41, 5.74) is -0.274. The molecule has 0 saturated carbocycles. The number of carbonyl (C=O) groups is 1. The molecule has 0 aliphatic carbocycles. The fourth-order valence-corrected chi connectivity index (χ4v) is 2.11. The molecule has 0 spiro atoms. The Balaban J connectivity index is 2.08. The maximum Gasteiger partial charge on any atom is 0.328 e. The first kappa shape index (κ1) is 15.6. The van der Waals surface area contributed by atoms with E-state index < -0.39 is 11.2 Å². The minimum Gasteiger partial charge on any atom is -0.496 e. The molecule has 0 unspecified atom stereocenters. The number of nitrogens with one attached hydrogen (secondary N) is 2. The summed E-state index contributed by atoms with van der Waals surface area (Å²) in [5, 5.41) is 2.79. The van der Waals surface area contributed by atoms with Crippen LogP contribution in [-0.2, 0) is 11.3 Å². The minimum absolute atomic E-state index is 0.172. The minimum atomic E-state index is -0.618. The van der Waals surface area contributed by atoms with Crippen molar-refractivity contribution in [2.75, 3.05) is 7.11 Å². The van der Waals surface area contributed by atoms with Crippen molar-refractivity contribution in [2.24, 2.45) is 0 Å². The van der Waals surface area contributed by atoms with Crippen LogP contribution in [0.5, 0.6) is 5.75 Å². The largest absolute Gasteiger partial charge is 0.496 e. The molecular formula is C15H17N3O4. The van der Waals surface area contributed by atoms with Crippen LogP contribution in [-0.4, -0.2) is 22.6 Å². The van der Waals surface area contributed by atoms with Gasteiger partial charge in [0.05, 0.1) is 13.2 Å². The number of nitrogens with zero attached hydrogens (tertiary/aromatic N) is 1. The van der Waals surface area contributed by atoms with Gasteiger partial charge >= 0.3 is 5.69 Å². The number of ether oxygens (including phenoxy) is 1. The number of aromatic nitrogens is 2. The highest BCUT2D eigenvalue weighted by molar-refractivity contribution is 5.76. The van der Waals surface area contributed by atoms with E-state index in [1.54, 1.807) is 7.11 Å². The van der Waals surface area contributed by atoms with E-state index in [9.17, 15) is 14.4 Å². The molecule has 0 aliphatic rings. The molecule has 0 fully saturated rings. The van der Waals surface area contributed by atoms with Crippen molar-refractivity contribution in [1.29, 1.82) is 0 Å². The Bertz CT molecular complexity index is 779. The predicted octanol–water partition coefficient (Wildman–Crippen LogP) is 0.423. The van der Waals surface area contributed by atoms with E-state index >= 15 is 0 Å². The predicted molar refractivity (Wildman–Crippen MR) is 80.9 cm³/mol. The second-order valence-corrected chi connectivity index (χ2v) is 4.77. The average Bonchev–Trinajstić information content (AvgIpc) is 2.50. The number of carbonyl (C=O) groups excluding carboxylic acids is 1. The summed E-state index contributed by atoms with van der Waals surface area (Å²) < 4.78 is 6.38. The normalized spacial score (nSPS) is 11.7. The number of H-pyrrole nitrogens is 1.